The molecule has 126 valence electrons. The Hall–Kier alpha value is -1.13. The Kier molecular flexibility index (Phi) is 7.30. The van der Waals surface area contributed by atoms with E-state index in [2.05, 4.69) is 20.4 Å². The fourth-order valence-corrected chi connectivity index (χ4v) is 3.19. The quantitative estimate of drug-likeness (QED) is 0.431. The Bertz CT molecular complexity index is 423. The number of allylic oxidation sites excluding steroid dienone is 2. The predicted octanol–water partition coefficient (Wildman–Crippen LogP) is 2.99. The number of rotatable bonds is 7. The highest BCUT2D eigenvalue weighted by Gasteiger charge is 2.33. The molecule has 22 heavy (non-hydrogen) atoms. The summed E-state index contributed by atoms with van der Waals surface area (Å²) in [5, 5.41) is 17.8. The molecular formula is C18H30O4. The molecule has 0 amide bonds. The maximum atomic E-state index is 11.6. The van der Waals surface area contributed by atoms with Gasteiger partial charge in [-0.05, 0) is 50.4 Å². The smallest absolute Gasteiger partial charge is 0.330 e. The van der Waals surface area contributed by atoms with Gasteiger partial charge in [-0.1, -0.05) is 31.6 Å². The molecule has 0 aliphatic heterocycles. The van der Waals surface area contributed by atoms with E-state index in [9.17, 15) is 4.79 Å². The van der Waals surface area contributed by atoms with Gasteiger partial charge in [0.15, 0.2) is 0 Å². The largest absolute Gasteiger partial charge is 0.460 e. The molecule has 0 saturated heterocycles. The maximum Gasteiger partial charge on any atom is 0.330 e. The Labute approximate surface area is 133 Å². The summed E-state index contributed by atoms with van der Waals surface area (Å²) in [6.07, 6.45) is 5.85. The lowest BCUT2D eigenvalue weighted by molar-refractivity contribution is -0.141. The third-order valence-corrected chi connectivity index (χ3v) is 4.58. The Morgan fingerprint density at radius 2 is 2.23 bits per heavy atom. The highest BCUT2D eigenvalue weighted by molar-refractivity contribution is 5.82. The number of aliphatic hydroxyl groups is 2. The van der Waals surface area contributed by atoms with Crippen molar-refractivity contribution in [3.05, 3.63) is 23.8 Å². The first-order valence-electron chi connectivity index (χ1n) is 8.07. The van der Waals surface area contributed by atoms with Gasteiger partial charge in [-0.15, -0.1) is 0 Å². The van der Waals surface area contributed by atoms with Gasteiger partial charge in [0.2, 0.25) is 0 Å². The molecule has 0 radical (unpaired) electrons. The summed E-state index contributed by atoms with van der Waals surface area (Å²) in [7, 11) is 0. The summed E-state index contributed by atoms with van der Waals surface area (Å²) < 4.78 is 4.88. The first-order chi connectivity index (χ1) is 10.3. The molecule has 4 nitrogen and oxygen atoms in total. The molecule has 0 aromatic rings. The van der Waals surface area contributed by atoms with Crippen molar-refractivity contribution in [2.75, 3.05) is 13.2 Å². The van der Waals surface area contributed by atoms with Gasteiger partial charge >= 0.3 is 5.97 Å². The molecule has 0 aromatic heterocycles. The van der Waals surface area contributed by atoms with Crippen LogP contribution in [-0.2, 0) is 9.53 Å². The summed E-state index contributed by atoms with van der Waals surface area (Å²) >= 11 is 0. The molecule has 2 atom stereocenters. The van der Waals surface area contributed by atoms with E-state index in [4.69, 9.17) is 14.9 Å². The van der Waals surface area contributed by atoms with Crippen LogP contribution >= 0.6 is 0 Å². The normalized spacial score (nSPS) is 23.2. The second kappa shape index (κ2) is 8.49. The highest BCUT2D eigenvalue weighted by Crippen LogP contribution is 2.45. The van der Waals surface area contributed by atoms with Crippen LogP contribution in [0.25, 0.3) is 0 Å². The standard InChI is InChI=1S/C18H30O4/c1-13(10-17(21)22-12-15(20)11-19)7-8-16-14(2)6-5-9-18(16,3)4/h10,15-16,19-20H,2,5-9,11-12H2,1,3-4H3/b13-10+/t15-,16-/m1/s1. The Morgan fingerprint density at radius 1 is 1.55 bits per heavy atom. The monoisotopic (exact) mass is 310 g/mol. The molecule has 1 aliphatic carbocycles. The molecule has 1 fully saturated rings. The first kappa shape index (κ1) is 18.9. The fourth-order valence-electron chi connectivity index (χ4n) is 3.19. The van der Waals surface area contributed by atoms with Gasteiger partial charge in [-0.2, -0.15) is 0 Å². The second-order valence-corrected chi connectivity index (χ2v) is 7.05. The molecular weight excluding hydrogens is 280 g/mol. The second-order valence-electron chi connectivity index (χ2n) is 7.05. The van der Waals surface area contributed by atoms with Gasteiger partial charge in [0.05, 0.1) is 6.61 Å². The number of aliphatic hydroxyl groups excluding tert-OH is 2. The van der Waals surface area contributed by atoms with Gasteiger partial charge in [-0.3, -0.25) is 0 Å². The molecule has 4 heteroatoms. The zero-order chi connectivity index (χ0) is 16.8. The van der Waals surface area contributed by atoms with Gasteiger partial charge in [0, 0.05) is 6.08 Å². The molecule has 1 saturated carbocycles. The minimum absolute atomic E-state index is 0.175. The first-order valence-corrected chi connectivity index (χ1v) is 8.07. The minimum Gasteiger partial charge on any atom is -0.460 e. The number of hydrogen-bond acceptors (Lipinski definition) is 4. The van der Waals surface area contributed by atoms with E-state index >= 15 is 0 Å². The maximum absolute atomic E-state index is 11.6. The van der Waals surface area contributed by atoms with Crippen LogP contribution < -0.4 is 0 Å². The van der Waals surface area contributed by atoms with Crippen molar-refractivity contribution in [2.24, 2.45) is 11.3 Å². The summed E-state index contributed by atoms with van der Waals surface area (Å²) in [6, 6.07) is 0. The zero-order valence-electron chi connectivity index (χ0n) is 14.1. The highest BCUT2D eigenvalue weighted by atomic mass is 16.5. The summed E-state index contributed by atoms with van der Waals surface area (Å²) in [5.74, 6) is 0.0311. The lowest BCUT2D eigenvalue weighted by Gasteiger charge is -2.40. The van der Waals surface area contributed by atoms with Gasteiger partial charge in [0.25, 0.3) is 0 Å². The minimum atomic E-state index is -1.01. The van der Waals surface area contributed by atoms with E-state index < -0.39 is 18.7 Å². The molecule has 0 unspecified atom stereocenters. The molecule has 1 aliphatic rings. The van der Waals surface area contributed by atoms with Crippen LogP contribution in [0.3, 0.4) is 0 Å². The van der Waals surface area contributed by atoms with E-state index in [1.165, 1.54) is 24.5 Å². The van der Waals surface area contributed by atoms with Crippen molar-refractivity contribution >= 4 is 5.97 Å². The lowest BCUT2D eigenvalue weighted by atomic mass is 9.65. The molecule has 2 N–H and O–H groups in total. The molecule has 0 heterocycles. The van der Waals surface area contributed by atoms with Crippen molar-refractivity contribution in [2.45, 2.75) is 59.0 Å². The number of ether oxygens (including phenoxy) is 1. The number of carbonyl (C=O) groups is 1. The Balaban J connectivity index is 2.47. The summed E-state index contributed by atoms with van der Waals surface area (Å²) in [4.78, 5) is 11.6. The number of hydrogen-bond donors (Lipinski definition) is 2. The van der Waals surface area contributed by atoms with Crippen LogP contribution in [0.15, 0.2) is 23.8 Å². The van der Waals surface area contributed by atoms with Crippen molar-refractivity contribution in [1.29, 1.82) is 0 Å². The van der Waals surface area contributed by atoms with Crippen molar-refractivity contribution in [3.8, 4) is 0 Å². The Morgan fingerprint density at radius 3 is 2.82 bits per heavy atom. The van der Waals surface area contributed by atoms with E-state index in [0.29, 0.717) is 5.92 Å². The van der Waals surface area contributed by atoms with Crippen LogP contribution in [0.5, 0.6) is 0 Å². The summed E-state index contributed by atoms with van der Waals surface area (Å²) in [5.41, 5.74) is 2.58. The average molecular weight is 310 g/mol. The van der Waals surface area contributed by atoms with Crippen molar-refractivity contribution < 1.29 is 19.7 Å². The topological polar surface area (TPSA) is 66.8 Å². The number of carbonyl (C=O) groups excluding carboxylic acids is 1. The third kappa shape index (κ3) is 5.93. The molecule has 0 aromatic carbocycles. The lowest BCUT2D eigenvalue weighted by Crippen LogP contribution is -2.29. The zero-order valence-corrected chi connectivity index (χ0v) is 14.1. The van der Waals surface area contributed by atoms with Crippen LogP contribution in [-0.4, -0.2) is 35.5 Å². The van der Waals surface area contributed by atoms with Gasteiger partial charge in [0.1, 0.15) is 12.7 Å². The summed E-state index contributed by atoms with van der Waals surface area (Å²) in [6.45, 7) is 10.2. The third-order valence-electron chi connectivity index (χ3n) is 4.58. The van der Waals surface area contributed by atoms with Crippen LogP contribution in [0.2, 0.25) is 0 Å². The molecule has 1 rings (SSSR count). The van der Waals surface area contributed by atoms with E-state index in [-0.39, 0.29) is 12.0 Å². The van der Waals surface area contributed by atoms with Gasteiger partial charge in [-0.25, -0.2) is 4.79 Å². The van der Waals surface area contributed by atoms with Crippen molar-refractivity contribution in [1.82, 2.24) is 0 Å². The van der Waals surface area contributed by atoms with E-state index in [1.54, 1.807) is 0 Å². The SMILES string of the molecule is C=C1CCCC(C)(C)[C@@H]1CC/C(C)=C/C(=O)OC[C@H](O)CO. The van der Waals surface area contributed by atoms with E-state index in [0.717, 1.165) is 24.8 Å². The van der Waals surface area contributed by atoms with Crippen LogP contribution in [0.4, 0.5) is 0 Å². The van der Waals surface area contributed by atoms with Crippen LogP contribution in [0.1, 0.15) is 52.9 Å². The fraction of sp³-hybridized carbons (Fsp3) is 0.722. The van der Waals surface area contributed by atoms with Crippen molar-refractivity contribution in [3.63, 3.8) is 0 Å². The number of esters is 1. The molecule has 0 bridgehead atoms. The van der Waals surface area contributed by atoms with E-state index in [1.807, 2.05) is 6.92 Å². The average Bonchev–Trinajstić information content (AvgIpc) is 2.43. The predicted molar refractivity (Wildman–Crippen MR) is 87.3 cm³/mol. The van der Waals surface area contributed by atoms with Crippen LogP contribution in [0, 0.1) is 11.3 Å². The molecule has 0 spiro atoms. The van der Waals surface area contributed by atoms with Gasteiger partial charge < -0.3 is 14.9 Å².